The number of aromatic carboxylic acids is 1. The summed E-state index contributed by atoms with van der Waals surface area (Å²) in [6.07, 6.45) is 1.74. The largest absolute Gasteiger partial charge is 0.493 e. The van der Waals surface area contributed by atoms with E-state index in [0.29, 0.717) is 12.0 Å². The van der Waals surface area contributed by atoms with Crippen LogP contribution in [0.1, 0.15) is 28.2 Å². The third-order valence-corrected chi connectivity index (χ3v) is 5.15. The van der Waals surface area contributed by atoms with Gasteiger partial charge in [-0.1, -0.05) is 0 Å². The van der Waals surface area contributed by atoms with E-state index in [1.807, 2.05) is 0 Å². The molecule has 0 saturated carbocycles. The van der Waals surface area contributed by atoms with Crippen LogP contribution in [0.15, 0.2) is 35.1 Å². The summed E-state index contributed by atoms with van der Waals surface area (Å²) in [5.41, 5.74) is -0.237. The first-order valence-electron chi connectivity index (χ1n) is 9.49. The Morgan fingerprint density at radius 1 is 1.30 bits per heavy atom. The molecular formula is C21H15F2N3O7. The van der Waals surface area contributed by atoms with Crippen LogP contribution in [0, 0.1) is 10.1 Å². The predicted octanol–water partition coefficient (Wildman–Crippen LogP) is 3.56. The molecule has 33 heavy (non-hydrogen) atoms. The molecule has 0 bridgehead atoms. The van der Waals surface area contributed by atoms with Gasteiger partial charge in [0.2, 0.25) is 0 Å². The first kappa shape index (κ1) is 21.9. The number of benzene rings is 2. The van der Waals surface area contributed by atoms with Crippen LogP contribution in [0.3, 0.4) is 0 Å². The molecule has 1 aliphatic heterocycles. The highest BCUT2D eigenvalue weighted by Gasteiger charge is 2.25. The molecule has 0 aliphatic carbocycles. The number of allylic oxidation sites excluding steroid dienone is 1. The standard InChI is InChI=1S/C21H15F2N3O7/c1-32-16-8-12(15(26(30)31)9-17(16)33-21(22)23)6-10-4-5-25-18(10)24-14-7-11(20(28)29)2-3-13(14)19(25)27/h2-3,6-9,21H,4-5H2,1H3,(H,28,29)/b10-6+. The minimum atomic E-state index is -3.20. The van der Waals surface area contributed by atoms with E-state index in [0.717, 1.165) is 6.07 Å². The number of carboxylic acids is 1. The maximum Gasteiger partial charge on any atom is 0.387 e. The maximum absolute atomic E-state index is 12.9. The normalized spacial score (nSPS) is 14.0. The average molecular weight is 459 g/mol. The number of ether oxygens (including phenoxy) is 2. The van der Waals surface area contributed by atoms with Crippen molar-refractivity contribution in [2.24, 2.45) is 0 Å². The molecule has 2 aromatic carbocycles. The highest BCUT2D eigenvalue weighted by molar-refractivity contribution is 5.93. The van der Waals surface area contributed by atoms with E-state index in [1.165, 1.54) is 42.0 Å². The SMILES string of the molecule is COc1cc(/C=C2\CCn3c2nc2cc(C(=O)O)ccc2c3=O)c([N+](=O)[O-])cc1OC(F)F. The van der Waals surface area contributed by atoms with Gasteiger partial charge in [0.15, 0.2) is 11.5 Å². The van der Waals surface area contributed by atoms with Crippen LogP contribution in [0.4, 0.5) is 14.5 Å². The Balaban J connectivity index is 1.88. The van der Waals surface area contributed by atoms with Crippen molar-refractivity contribution in [3.8, 4) is 11.5 Å². The fourth-order valence-corrected chi connectivity index (χ4v) is 3.66. The van der Waals surface area contributed by atoms with Crippen molar-refractivity contribution < 1.29 is 33.1 Å². The summed E-state index contributed by atoms with van der Waals surface area (Å²) in [6.45, 7) is -2.94. The Morgan fingerprint density at radius 3 is 2.70 bits per heavy atom. The molecule has 4 rings (SSSR count). The number of aromatic nitrogens is 2. The van der Waals surface area contributed by atoms with Crippen LogP contribution >= 0.6 is 0 Å². The highest BCUT2D eigenvalue weighted by atomic mass is 19.3. The first-order valence-corrected chi connectivity index (χ1v) is 9.49. The molecule has 0 spiro atoms. The molecule has 0 amide bonds. The van der Waals surface area contributed by atoms with Crippen LogP contribution < -0.4 is 15.0 Å². The second-order valence-corrected chi connectivity index (χ2v) is 7.05. The lowest BCUT2D eigenvalue weighted by Gasteiger charge is -2.11. The van der Waals surface area contributed by atoms with E-state index in [-0.39, 0.29) is 45.7 Å². The second-order valence-electron chi connectivity index (χ2n) is 7.05. The smallest absolute Gasteiger partial charge is 0.387 e. The van der Waals surface area contributed by atoms with Gasteiger partial charge in [-0.3, -0.25) is 19.5 Å². The molecule has 0 saturated heterocycles. The van der Waals surface area contributed by atoms with Gasteiger partial charge in [-0.25, -0.2) is 9.78 Å². The molecule has 12 heteroatoms. The fourth-order valence-electron chi connectivity index (χ4n) is 3.66. The number of carbonyl (C=O) groups is 1. The molecule has 3 aromatic rings. The van der Waals surface area contributed by atoms with Crippen LogP contribution in [-0.4, -0.2) is 39.3 Å². The van der Waals surface area contributed by atoms with Gasteiger partial charge >= 0.3 is 12.6 Å². The molecule has 170 valence electrons. The van der Waals surface area contributed by atoms with Crippen molar-refractivity contribution in [2.45, 2.75) is 19.6 Å². The molecule has 1 N–H and O–H groups in total. The van der Waals surface area contributed by atoms with E-state index >= 15 is 0 Å². The molecular weight excluding hydrogens is 444 g/mol. The number of nitro benzene ring substituents is 1. The second kappa shape index (κ2) is 8.30. The number of halogens is 2. The third kappa shape index (κ3) is 3.97. The zero-order valence-corrected chi connectivity index (χ0v) is 16.9. The summed E-state index contributed by atoms with van der Waals surface area (Å²) in [4.78, 5) is 39.4. The molecule has 0 radical (unpaired) electrons. The Morgan fingerprint density at radius 2 is 2.06 bits per heavy atom. The van der Waals surface area contributed by atoms with Gasteiger partial charge < -0.3 is 14.6 Å². The Kier molecular flexibility index (Phi) is 5.50. The van der Waals surface area contributed by atoms with Crippen molar-refractivity contribution in [2.75, 3.05) is 7.11 Å². The number of carboxylic acid groups (broad SMARTS) is 1. The predicted molar refractivity (Wildman–Crippen MR) is 112 cm³/mol. The van der Waals surface area contributed by atoms with Gasteiger partial charge in [0, 0.05) is 6.54 Å². The summed E-state index contributed by atoms with van der Waals surface area (Å²) in [6, 6.07) is 6.00. The monoisotopic (exact) mass is 459 g/mol. The third-order valence-electron chi connectivity index (χ3n) is 5.15. The van der Waals surface area contributed by atoms with Gasteiger partial charge in [0.1, 0.15) is 5.82 Å². The van der Waals surface area contributed by atoms with Gasteiger partial charge in [0.05, 0.1) is 40.1 Å². The number of fused-ring (bicyclic) bond motifs is 2. The van der Waals surface area contributed by atoms with Crippen LogP contribution in [0.5, 0.6) is 11.5 Å². The number of hydrogen-bond acceptors (Lipinski definition) is 7. The number of nitrogens with zero attached hydrogens (tertiary/aromatic N) is 3. The Hall–Kier alpha value is -4.35. The van der Waals surface area contributed by atoms with E-state index in [2.05, 4.69) is 9.72 Å². The molecule has 10 nitrogen and oxygen atoms in total. The Bertz CT molecular complexity index is 1400. The molecule has 0 unspecified atom stereocenters. The van der Waals surface area contributed by atoms with E-state index in [9.17, 15) is 33.6 Å². The summed E-state index contributed by atoms with van der Waals surface area (Å²) >= 11 is 0. The molecule has 1 aliphatic rings. The first-order chi connectivity index (χ1) is 15.7. The van der Waals surface area contributed by atoms with Gasteiger partial charge in [-0.15, -0.1) is 0 Å². The van der Waals surface area contributed by atoms with E-state index in [4.69, 9.17) is 4.74 Å². The van der Waals surface area contributed by atoms with E-state index in [1.54, 1.807) is 0 Å². The summed E-state index contributed by atoms with van der Waals surface area (Å²) < 4.78 is 36.1. The lowest BCUT2D eigenvalue weighted by Crippen LogP contribution is -2.21. The summed E-state index contributed by atoms with van der Waals surface area (Å²) in [5.74, 6) is -1.57. The van der Waals surface area contributed by atoms with Gasteiger partial charge in [-0.05, 0) is 42.3 Å². The van der Waals surface area contributed by atoms with Gasteiger partial charge in [-0.2, -0.15) is 8.78 Å². The highest BCUT2D eigenvalue weighted by Crippen LogP contribution is 2.38. The molecule has 0 atom stereocenters. The number of alkyl halides is 2. The maximum atomic E-state index is 12.9. The Labute approximate surface area is 183 Å². The summed E-state index contributed by atoms with van der Waals surface area (Å²) in [7, 11) is 1.20. The van der Waals surface area contributed by atoms with E-state index < -0.39 is 28.9 Å². The molecule has 0 fully saturated rings. The van der Waals surface area contributed by atoms with Crippen molar-refractivity contribution in [1.29, 1.82) is 0 Å². The van der Waals surface area contributed by atoms with Crippen molar-refractivity contribution >= 4 is 34.2 Å². The lowest BCUT2D eigenvalue weighted by atomic mass is 10.1. The average Bonchev–Trinajstić information content (AvgIpc) is 3.16. The minimum absolute atomic E-state index is 0.0375. The molecule has 2 heterocycles. The number of rotatable bonds is 6. The topological polar surface area (TPSA) is 134 Å². The zero-order valence-electron chi connectivity index (χ0n) is 16.9. The van der Waals surface area contributed by atoms with Gasteiger partial charge in [0.25, 0.3) is 11.2 Å². The van der Waals surface area contributed by atoms with Crippen LogP contribution in [0.25, 0.3) is 22.6 Å². The molecule has 1 aromatic heterocycles. The number of hydrogen-bond donors (Lipinski definition) is 1. The summed E-state index contributed by atoms with van der Waals surface area (Å²) in [5, 5.41) is 21.0. The van der Waals surface area contributed by atoms with Crippen molar-refractivity contribution in [1.82, 2.24) is 9.55 Å². The van der Waals surface area contributed by atoms with Crippen molar-refractivity contribution in [3.05, 3.63) is 67.8 Å². The van der Waals surface area contributed by atoms with Crippen LogP contribution in [0.2, 0.25) is 0 Å². The lowest BCUT2D eigenvalue weighted by molar-refractivity contribution is -0.385. The number of nitro groups is 1. The van der Waals surface area contributed by atoms with Crippen LogP contribution in [-0.2, 0) is 6.54 Å². The fraction of sp³-hybridized carbons (Fsp3) is 0.190. The zero-order chi connectivity index (χ0) is 23.9. The minimum Gasteiger partial charge on any atom is -0.493 e. The van der Waals surface area contributed by atoms with Crippen molar-refractivity contribution in [3.63, 3.8) is 0 Å². The quantitative estimate of drug-likeness (QED) is 0.437. The number of methoxy groups -OCH3 is 1.